The van der Waals surface area contributed by atoms with Crippen molar-refractivity contribution in [1.82, 2.24) is 15.1 Å². The average Bonchev–Trinajstić information content (AvgIpc) is 3.10. The number of nitrogens with zero attached hydrogens (tertiary/aromatic N) is 2. The highest BCUT2D eigenvalue weighted by Crippen LogP contribution is 2.32. The van der Waals surface area contributed by atoms with Gasteiger partial charge in [-0.25, -0.2) is 9.59 Å². The molecule has 0 bridgehead atoms. The number of anilines is 1. The fourth-order valence-corrected chi connectivity index (χ4v) is 3.52. The Labute approximate surface area is 156 Å². The maximum absolute atomic E-state index is 12.5. The molecular formula is C17H21ClN4O4. The summed E-state index contributed by atoms with van der Waals surface area (Å²) in [7, 11) is 1.68. The van der Waals surface area contributed by atoms with E-state index in [1.54, 1.807) is 30.1 Å². The lowest BCUT2D eigenvalue weighted by Gasteiger charge is -2.22. The molecule has 2 heterocycles. The predicted molar refractivity (Wildman–Crippen MR) is 96.5 cm³/mol. The van der Waals surface area contributed by atoms with Crippen LogP contribution in [-0.4, -0.2) is 66.7 Å². The Morgan fingerprint density at radius 3 is 2.73 bits per heavy atom. The number of likely N-dealkylation sites (tertiary alicyclic amines) is 1. The number of urea groups is 1. The van der Waals surface area contributed by atoms with Crippen LogP contribution in [0.1, 0.15) is 23.7 Å². The van der Waals surface area contributed by atoms with Gasteiger partial charge in [-0.15, -0.1) is 0 Å². The predicted octanol–water partition coefficient (Wildman–Crippen LogP) is 2.15. The van der Waals surface area contributed by atoms with E-state index in [9.17, 15) is 14.4 Å². The summed E-state index contributed by atoms with van der Waals surface area (Å²) in [6, 6.07) is 4.44. The summed E-state index contributed by atoms with van der Waals surface area (Å²) in [6.45, 7) is 3.65. The molecule has 2 fully saturated rings. The van der Waals surface area contributed by atoms with Crippen molar-refractivity contribution in [3.63, 3.8) is 0 Å². The van der Waals surface area contributed by atoms with E-state index in [0.29, 0.717) is 43.9 Å². The van der Waals surface area contributed by atoms with Crippen molar-refractivity contribution in [2.24, 2.45) is 0 Å². The highest BCUT2D eigenvalue weighted by atomic mass is 35.5. The van der Waals surface area contributed by atoms with Gasteiger partial charge in [0.2, 0.25) is 0 Å². The molecule has 26 heavy (non-hydrogen) atoms. The zero-order valence-corrected chi connectivity index (χ0v) is 15.4. The summed E-state index contributed by atoms with van der Waals surface area (Å²) in [4.78, 5) is 39.1. The second-order valence-electron chi connectivity index (χ2n) is 6.56. The average molecular weight is 381 g/mol. The lowest BCUT2D eigenvalue weighted by atomic mass is 10.0. The van der Waals surface area contributed by atoms with E-state index >= 15 is 0 Å². The van der Waals surface area contributed by atoms with Crippen LogP contribution in [0.5, 0.6) is 0 Å². The van der Waals surface area contributed by atoms with Crippen LogP contribution in [0.3, 0.4) is 0 Å². The molecule has 0 aromatic heterocycles. The number of ether oxygens (including phenoxy) is 1. The van der Waals surface area contributed by atoms with Crippen LogP contribution in [0.25, 0.3) is 0 Å². The normalized spacial score (nSPS) is 21.9. The fraction of sp³-hybridized carbons (Fsp3) is 0.471. The Kier molecular flexibility index (Phi) is 4.95. The summed E-state index contributed by atoms with van der Waals surface area (Å²) < 4.78 is 5.44. The van der Waals surface area contributed by atoms with Gasteiger partial charge >= 0.3 is 12.1 Å². The molecular weight excluding hydrogens is 360 g/mol. The number of rotatable bonds is 3. The van der Waals surface area contributed by atoms with E-state index in [0.717, 1.165) is 0 Å². The molecule has 8 nitrogen and oxygen atoms in total. The van der Waals surface area contributed by atoms with E-state index < -0.39 is 5.60 Å². The van der Waals surface area contributed by atoms with E-state index in [4.69, 9.17) is 16.3 Å². The third-order valence-electron chi connectivity index (χ3n) is 4.55. The van der Waals surface area contributed by atoms with Gasteiger partial charge in [-0.05, 0) is 25.1 Å². The van der Waals surface area contributed by atoms with Gasteiger partial charge in [0.05, 0.1) is 23.7 Å². The van der Waals surface area contributed by atoms with Gasteiger partial charge in [-0.1, -0.05) is 11.6 Å². The second-order valence-corrected chi connectivity index (χ2v) is 6.97. The fourth-order valence-electron chi connectivity index (χ4n) is 3.26. The van der Waals surface area contributed by atoms with E-state index in [2.05, 4.69) is 10.6 Å². The number of likely N-dealkylation sites (N-methyl/N-ethyl adjacent to an activating group) is 1. The number of nitrogens with one attached hydrogen (secondary N) is 2. The number of halogens is 1. The van der Waals surface area contributed by atoms with Crippen LogP contribution in [0.15, 0.2) is 18.2 Å². The van der Waals surface area contributed by atoms with Gasteiger partial charge in [-0.2, -0.15) is 0 Å². The lowest BCUT2D eigenvalue weighted by Crippen LogP contribution is -2.40. The van der Waals surface area contributed by atoms with Crippen molar-refractivity contribution < 1.29 is 19.1 Å². The van der Waals surface area contributed by atoms with Gasteiger partial charge in [-0.3, -0.25) is 4.79 Å². The monoisotopic (exact) mass is 380 g/mol. The van der Waals surface area contributed by atoms with Crippen molar-refractivity contribution in [3.05, 3.63) is 28.8 Å². The molecule has 2 saturated heterocycles. The van der Waals surface area contributed by atoms with Crippen molar-refractivity contribution in [2.75, 3.05) is 38.5 Å². The third-order valence-corrected chi connectivity index (χ3v) is 4.86. The maximum atomic E-state index is 12.5. The summed E-state index contributed by atoms with van der Waals surface area (Å²) in [5, 5.41) is 5.71. The van der Waals surface area contributed by atoms with Gasteiger partial charge in [0.25, 0.3) is 5.91 Å². The van der Waals surface area contributed by atoms with Gasteiger partial charge in [0, 0.05) is 32.2 Å². The molecule has 1 atom stereocenters. The minimum atomic E-state index is -0.622. The van der Waals surface area contributed by atoms with Gasteiger partial charge < -0.3 is 25.2 Å². The summed E-state index contributed by atoms with van der Waals surface area (Å²) in [6.07, 6.45) is 0.243. The molecule has 1 aromatic carbocycles. The Bertz CT molecular complexity index is 756. The van der Waals surface area contributed by atoms with E-state index in [1.807, 2.05) is 6.92 Å². The minimum absolute atomic E-state index is 0.260. The zero-order valence-electron chi connectivity index (χ0n) is 14.7. The molecule has 4 amide bonds. The number of carbonyl (C=O) groups is 3. The molecule has 0 aliphatic carbocycles. The molecule has 2 aliphatic rings. The molecule has 2 aliphatic heterocycles. The molecule has 2 N–H and O–H groups in total. The van der Waals surface area contributed by atoms with Gasteiger partial charge in [0.15, 0.2) is 5.60 Å². The number of carbonyl (C=O) groups excluding carboxylic acids is 3. The number of benzene rings is 1. The summed E-state index contributed by atoms with van der Waals surface area (Å²) in [5.74, 6) is -0.260. The summed E-state index contributed by atoms with van der Waals surface area (Å²) >= 11 is 6.14. The standard InChI is InChI=1S/C17H21ClN4O4/c1-3-19-14(23)12-5-4-11(8-13(12)18)20-15(24)22-7-6-17(10-22)9-21(2)16(25)26-17/h4-5,8H,3,6-7,9-10H2,1-2H3,(H,19,23)(H,20,24)/t17-/m0/s1. The van der Waals surface area contributed by atoms with E-state index in [-0.39, 0.29) is 23.1 Å². The molecule has 0 unspecified atom stereocenters. The smallest absolute Gasteiger partial charge is 0.410 e. The minimum Gasteiger partial charge on any atom is -0.439 e. The quantitative estimate of drug-likeness (QED) is 0.840. The van der Waals surface area contributed by atoms with Crippen molar-refractivity contribution >= 4 is 35.3 Å². The summed E-state index contributed by atoms with van der Waals surface area (Å²) in [5.41, 5.74) is 0.227. The number of hydrogen-bond donors (Lipinski definition) is 2. The van der Waals surface area contributed by atoms with Crippen molar-refractivity contribution in [2.45, 2.75) is 18.9 Å². The van der Waals surface area contributed by atoms with Crippen LogP contribution in [-0.2, 0) is 4.74 Å². The van der Waals surface area contributed by atoms with Crippen LogP contribution in [0, 0.1) is 0 Å². The van der Waals surface area contributed by atoms with Gasteiger partial charge in [0.1, 0.15) is 0 Å². The number of amides is 4. The van der Waals surface area contributed by atoms with Crippen molar-refractivity contribution in [3.8, 4) is 0 Å². The Morgan fingerprint density at radius 1 is 1.35 bits per heavy atom. The SMILES string of the molecule is CCNC(=O)c1ccc(NC(=O)N2CC[C@]3(CN(C)C(=O)O3)C2)cc1Cl. The van der Waals surface area contributed by atoms with Crippen LogP contribution < -0.4 is 10.6 Å². The molecule has 140 valence electrons. The molecule has 3 rings (SSSR count). The second kappa shape index (κ2) is 7.03. The highest BCUT2D eigenvalue weighted by molar-refractivity contribution is 6.34. The Balaban J connectivity index is 1.63. The topological polar surface area (TPSA) is 91.0 Å². The van der Waals surface area contributed by atoms with Crippen molar-refractivity contribution in [1.29, 1.82) is 0 Å². The first kappa shape index (κ1) is 18.3. The Morgan fingerprint density at radius 2 is 2.12 bits per heavy atom. The first-order valence-corrected chi connectivity index (χ1v) is 8.79. The first-order chi connectivity index (χ1) is 12.3. The maximum Gasteiger partial charge on any atom is 0.410 e. The molecule has 0 radical (unpaired) electrons. The first-order valence-electron chi connectivity index (χ1n) is 8.41. The zero-order chi connectivity index (χ0) is 18.9. The van der Waals surface area contributed by atoms with Crippen LogP contribution >= 0.6 is 11.6 Å². The number of hydrogen-bond acceptors (Lipinski definition) is 4. The highest BCUT2D eigenvalue weighted by Gasteiger charge is 2.49. The largest absolute Gasteiger partial charge is 0.439 e. The van der Waals surface area contributed by atoms with Crippen LogP contribution in [0.2, 0.25) is 5.02 Å². The molecule has 0 saturated carbocycles. The third kappa shape index (κ3) is 3.55. The van der Waals surface area contributed by atoms with Crippen LogP contribution in [0.4, 0.5) is 15.3 Å². The Hall–Kier alpha value is -2.48. The molecule has 1 aromatic rings. The molecule has 9 heteroatoms. The molecule has 1 spiro atoms. The lowest BCUT2D eigenvalue weighted by molar-refractivity contribution is 0.0662. The van der Waals surface area contributed by atoms with E-state index in [1.165, 1.54) is 4.90 Å².